The topological polar surface area (TPSA) is 32.7 Å². The molecule has 0 aromatic heterocycles. The van der Waals surface area contributed by atoms with Crippen molar-refractivity contribution in [3.8, 4) is 5.75 Å². The molecule has 20 heavy (non-hydrogen) atoms. The van der Waals surface area contributed by atoms with Crippen LogP contribution in [0.3, 0.4) is 0 Å². The van der Waals surface area contributed by atoms with Crippen LogP contribution in [0, 0.1) is 0 Å². The van der Waals surface area contributed by atoms with E-state index in [-0.39, 0.29) is 6.61 Å². The number of para-hydroxylation sites is 1. The molecule has 2 aromatic carbocycles. The van der Waals surface area contributed by atoms with E-state index in [1.165, 1.54) is 5.56 Å². The van der Waals surface area contributed by atoms with Gasteiger partial charge in [0.1, 0.15) is 5.75 Å². The van der Waals surface area contributed by atoms with Gasteiger partial charge in [0.2, 0.25) is 0 Å². The Kier molecular flexibility index (Phi) is 3.70. The number of rotatable bonds is 3. The standard InChI is InChI=1S/C17H17NO2/c19-10-4-5-14-8-9-17-15(11-14)12-18(13-20-17)16-6-2-1-3-7-16/h1-9,11,19H,10,12-13H2/b5-4+. The molecule has 3 nitrogen and oxygen atoms in total. The van der Waals surface area contributed by atoms with Crippen LogP contribution >= 0.6 is 0 Å². The largest absolute Gasteiger partial charge is 0.473 e. The summed E-state index contributed by atoms with van der Waals surface area (Å²) in [6, 6.07) is 16.4. The summed E-state index contributed by atoms with van der Waals surface area (Å²) < 4.78 is 5.80. The minimum absolute atomic E-state index is 0.0593. The molecule has 102 valence electrons. The molecule has 0 fully saturated rings. The van der Waals surface area contributed by atoms with Gasteiger partial charge in [-0.05, 0) is 29.8 Å². The Morgan fingerprint density at radius 2 is 2.00 bits per heavy atom. The maximum atomic E-state index is 8.84. The van der Waals surface area contributed by atoms with Crippen LogP contribution < -0.4 is 9.64 Å². The number of fused-ring (bicyclic) bond motifs is 1. The normalized spacial score (nSPS) is 14.2. The maximum absolute atomic E-state index is 8.84. The predicted octanol–water partition coefficient (Wildman–Crippen LogP) is 3.05. The second-order valence-corrected chi connectivity index (χ2v) is 4.76. The molecule has 1 N–H and O–H groups in total. The van der Waals surface area contributed by atoms with Gasteiger partial charge >= 0.3 is 0 Å². The third kappa shape index (κ3) is 2.68. The molecule has 0 atom stereocenters. The molecule has 1 aliphatic heterocycles. The summed E-state index contributed by atoms with van der Waals surface area (Å²) in [7, 11) is 0. The third-order valence-electron chi connectivity index (χ3n) is 3.36. The minimum atomic E-state index is 0.0593. The zero-order chi connectivity index (χ0) is 13.8. The van der Waals surface area contributed by atoms with Crippen molar-refractivity contribution in [1.29, 1.82) is 0 Å². The molecule has 0 unspecified atom stereocenters. The van der Waals surface area contributed by atoms with Gasteiger partial charge in [-0.15, -0.1) is 0 Å². The first-order valence-corrected chi connectivity index (χ1v) is 6.70. The van der Waals surface area contributed by atoms with E-state index >= 15 is 0 Å². The first-order valence-electron chi connectivity index (χ1n) is 6.70. The minimum Gasteiger partial charge on any atom is -0.473 e. The molecule has 0 saturated carbocycles. The first-order chi connectivity index (χ1) is 9.86. The second kappa shape index (κ2) is 5.80. The van der Waals surface area contributed by atoms with E-state index < -0.39 is 0 Å². The Balaban J connectivity index is 1.84. The van der Waals surface area contributed by atoms with Gasteiger partial charge in [-0.2, -0.15) is 0 Å². The van der Waals surface area contributed by atoms with E-state index in [4.69, 9.17) is 9.84 Å². The molecule has 0 bridgehead atoms. The molecule has 0 aliphatic carbocycles. The van der Waals surface area contributed by atoms with Gasteiger partial charge < -0.3 is 14.7 Å². The number of hydrogen-bond acceptors (Lipinski definition) is 3. The van der Waals surface area contributed by atoms with Crippen molar-refractivity contribution in [3.63, 3.8) is 0 Å². The molecular weight excluding hydrogens is 250 g/mol. The van der Waals surface area contributed by atoms with Crippen molar-refractivity contribution < 1.29 is 9.84 Å². The van der Waals surface area contributed by atoms with Crippen LogP contribution in [0.15, 0.2) is 54.6 Å². The van der Waals surface area contributed by atoms with Crippen LogP contribution in [0.1, 0.15) is 11.1 Å². The zero-order valence-electron chi connectivity index (χ0n) is 11.2. The Bertz CT molecular complexity index is 608. The number of anilines is 1. The number of benzene rings is 2. The van der Waals surface area contributed by atoms with Gasteiger partial charge in [-0.1, -0.05) is 36.4 Å². The Hall–Kier alpha value is -2.26. The third-order valence-corrected chi connectivity index (χ3v) is 3.36. The highest BCUT2D eigenvalue weighted by atomic mass is 16.5. The Morgan fingerprint density at radius 3 is 2.80 bits per heavy atom. The molecule has 0 amide bonds. The lowest BCUT2D eigenvalue weighted by Gasteiger charge is -2.31. The van der Waals surface area contributed by atoms with Crippen molar-refractivity contribution in [2.75, 3.05) is 18.2 Å². The van der Waals surface area contributed by atoms with Gasteiger partial charge in [0.05, 0.1) is 6.61 Å². The zero-order valence-corrected chi connectivity index (χ0v) is 11.2. The van der Waals surface area contributed by atoms with E-state index in [1.807, 2.05) is 36.4 Å². The highest BCUT2D eigenvalue weighted by Gasteiger charge is 2.17. The predicted molar refractivity (Wildman–Crippen MR) is 80.7 cm³/mol. The summed E-state index contributed by atoms with van der Waals surface area (Å²) in [6.07, 6.45) is 3.65. The van der Waals surface area contributed by atoms with E-state index in [0.29, 0.717) is 6.73 Å². The van der Waals surface area contributed by atoms with E-state index in [0.717, 1.165) is 23.5 Å². The molecule has 1 heterocycles. The quantitative estimate of drug-likeness (QED) is 0.927. The molecule has 0 spiro atoms. The van der Waals surface area contributed by atoms with Crippen molar-refractivity contribution >= 4 is 11.8 Å². The number of ether oxygens (including phenoxy) is 1. The van der Waals surface area contributed by atoms with Gasteiger partial charge in [-0.3, -0.25) is 0 Å². The average Bonchev–Trinajstić information content (AvgIpc) is 2.53. The smallest absolute Gasteiger partial charge is 0.161 e. The van der Waals surface area contributed by atoms with Gasteiger partial charge in [-0.25, -0.2) is 0 Å². The number of aliphatic hydroxyl groups excluding tert-OH is 1. The second-order valence-electron chi connectivity index (χ2n) is 4.76. The molecular formula is C17H17NO2. The highest BCUT2D eigenvalue weighted by Crippen LogP contribution is 2.29. The van der Waals surface area contributed by atoms with Gasteiger partial charge in [0, 0.05) is 17.8 Å². The number of aliphatic hydroxyl groups is 1. The lowest BCUT2D eigenvalue weighted by atomic mass is 10.1. The van der Waals surface area contributed by atoms with E-state index in [9.17, 15) is 0 Å². The van der Waals surface area contributed by atoms with Crippen LogP contribution in [-0.2, 0) is 6.54 Å². The fourth-order valence-electron chi connectivity index (χ4n) is 2.36. The van der Waals surface area contributed by atoms with Crippen LogP contribution in [-0.4, -0.2) is 18.4 Å². The van der Waals surface area contributed by atoms with Crippen LogP contribution in [0.2, 0.25) is 0 Å². The van der Waals surface area contributed by atoms with Crippen LogP contribution in [0.5, 0.6) is 5.75 Å². The average molecular weight is 267 g/mol. The first kappa shape index (κ1) is 12.8. The Morgan fingerprint density at radius 1 is 1.15 bits per heavy atom. The molecule has 0 saturated heterocycles. The molecule has 3 heteroatoms. The summed E-state index contributed by atoms with van der Waals surface area (Å²) in [6.45, 7) is 1.46. The van der Waals surface area contributed by atoms with Crippen LogP contribution in [0.25, 0.3) is 6.08 Å². The Labute approximate surface area is 118 Å². The summed E-state index contributed by atoms with van der Waals surface area (Å²) in [5.74, 6) is 0.943. The molecule has 3 rings (SSSR count). The number of hydrogen-bond donors (Lipinski definition) is 1. The summed E-state index contributed by atoms with van der Waals surface area (Å²) in [5, 5.41) is 8.84. The number of nitrogens with zero attached hydrogens (tertiary/aromatic N) is 1. The molecule has 1 aliphatic rings. The maximum Gasteiger partial charge on any atom is 0.161 e. The SMILES string of the molecule is OC/C=C/c1ccc2c(c1)CN(c1ccccc1)CO2. The van der Waals surface area contributed by atoms with Crippen molar-refractivity contribution in [2.24, 2.45) is 0 Å². The molecule has 0 radical (unpaired) electrons. The molecule has 2 aromatic rings. The summed E-state index contributed by atoms with van der Waals surface area (Å²) in [4.78, 5) is 2.20. The van der Waals surface area contributed by atoms with E-state index in [2.05, 4.69) is 23.1 Å². The summed E-state index contributed by atoms with van der Waals surface area (Å²) in [5.41, 5.74) is 3.41. The van der Waals surface area contributed by atoms with Crippen molar-refractivity contribution in [3.05, 3.63) is 65.7 Å². The monoisotopic (exact) mass is 267 g/mol. The van der Waals surface area contributed by atoms with E-state index in [1.54, 1.807) is 6.08 Å². The highest BCUT2D eigenvalue weighted by molar-refractivity contribution is 5.56. The summed E-state index contributed by atoms with van der Waals surface area (Å²) >= 11 is 0. The van der Waals surface area contributed by atoms with Gasteiger partial charge in [0.15, 0.2) is 6.73 Å². The lowest BCUT2D eigenvalue weighted by Crippen LogP contribution is -2.31. The lowest BCUT2D eigenvalue weighted by molar-refractivity contribution is 0.289. The van der Waals surface area contributed by atoms with Gasteiger partial charge in [0.25, 0.3) is 0 Å². The fraction of sp³-hybridized carbons (Fsp3) is 0.176. The fourth-order valence-corrected chi connectivity index (χ4v) is 2.36. The van der Waals surface area contributed by atoms with Crippen molar-refractivity contribution in [1.82, 2.24) is 0 Å². The van der Waals surface area contributed by atoms with Crippen LogP contribution in [0.4, 0.5) is 5.69 Å². The van der Waals surface area contributed by atoms with Crippen molar-refractivity contribution in [2.45, 2.75) is 6.54 Å².